The highest BCUT2D eigenvalue weighted by Gasteiger charge is 2.14. The fourth-order valence-electron chi connectivity index (χ4n) is 1.42. The summed E-state index contributed by atoms with van der Waals surface area (Å²) in [7, 11) is 0. The van der Waals surface area contributed by atoms with Crippen LogP contribution in [0.2, 0.25) is 0 Å². The highest BCUT2D eigenvalue weighted by Crippen LogP contribution is 2.15. The first-order valence-electron chi connectivity index (χ1n) is 5.22. The summed E-state index contributed by atoms with van der Waals surface area (Å²) in [5, 5.41) is 13.2. The van der Waals surface area contributed by atoms with Crippen molar-refractivity contribution < 1.29 is 5.11 Å². The molecule has 0 amide bonds. The summed E-state index contributed by atoms with van der Waals surface area (Å²) >= 11 is 0. The molecule has 1 aromatic rings. The van der Waals surface area contributed by atoms with Crippen molar-refractivity contribution in [1.29, 1.82) is 0 Å². The maximum atomic E-state index is 9.95. The van der Waals surface area contributed by atoms with Crippen LogP contribution in [-0.2, 0) is 0 Å². The van der Waals surface area contributed by atoms with E-state index in [1.807, 2.05) is 37.3 Å². The minimum atomic E-state index is -0.414. The lowest BCUT2D eigenvalue weighted by molar-refractivity contribution is 0.136. The van der Waals surface area contributed by atoms with Crippen molar-refractivity contribution in [1.82, 2.24) is 5.32 Å². The molecule has 0 saturated carbocycles. The SMILES string of the molecule is CCCN[C@H](C)[C@@H](O)c1ccccc1. The first-order valence-corrected chi connectivity index (χ1v) is 5.22. The maximum absolute atomic E-state index is 9.95. The van der Waals surface area contributed by atoms with Crippen molar-refractivity contribution in [2.45, 2.75) is 32.4 Å². The summed E-state index contributed by atoms with van der Waals surface area (Å²) in [5.74, 6) is 0. The number of nitrogens with one attached hydrogen (secondary N) is 1. The second-order valence-electron chi connectivity index (χ2n) is 3.60. The largest absolute Gasteiger partial charge is 0.387 e. The summed E-state index contributed by atoms with van der Waals surface area (Å²) in [6.45, 7) is 5.08. The third-order valence-corrected chi connectivity index (χ3v) is 2.33. The van der Waals surface area contributed by atoms with Gasteiger partial charge >= 0.3 is 0 Å². The Bertz CT molecular complexity index is 248. The van der Waals surface area contributed by atoms with Gasteiger partial charge in [-0.1, -0.05) is 37.3 Å². The van der Waals surface area contributed by atoms with Crippen molar-refractivity contribution in [3.8, 4) is 0 Å². The molecule has 0 aliphatic carbocycles. The smallest absolute Gasteiger partial charge is 0.0940 e. The molecular weight excluding hydrogens is 174 g/mol. The predicted molar refractivity (Wildman–Crippen MR) is 59.2 cm³/mol. The lowest BCUT2D eigenvalue weighted by atomic mass is 10.0. The highest BCUT2D eigenvalue weighted by atomic mass is 16.3. The average molecular weight is 193 g/mol. The van der Waals surface area contributed by atoms with E-state index in [1.54, 1.807) is 0 Å². The van der Waals surface area contributed by atoms with E-state index in [9.17, 15) is 5.11 Å². The van der Waals surface area contributed by atoms with Crippen molar-refractivity contribution >= 4 is 0 Å². The standard InChI is InChI=1S/C12H19NO/c1-3-9-13-10(2)12(14)11-7-5-4-6-8-11/h4-8,10,12-14H,3,9H2,1-2H3/t10-,12-/m1/s1. The Hall–Kier alpha value is -0.860. The number of aliphatic hydroxyl groups is 1. The molecule has 2 heteroatoms. The first-order chi connectivity index (χ1) is 6.75. The molecule has 2 N–H and O–H groups in total. The van der Waals surface area contributed by atoms with Crippen LogP contribution in [0.1, 0.15) is 31.9 Å². The van der Waals surface area contributed by atoms with Gasteiger partial charge in [-0.05, 0) is 25.5 Å². The zero-order valence-corrected chi connectivity index (χ0v) is 8.90. The van der Waals surface area contributed by atoms with Gasteiger partial charge in [0.2, 0.25) is 0 Å². The van der Waals surface area contributed by atoms with Crippen LogP contribution in [0.5, 0.6) is 0 Å². The van der Waals surface area contributed by atoms with E-state index >= 15 is 0 Å². The Morgan fingerprint density at radius 3 is 2.50 bits per heavy atom. The molecule has 1 rings (SSSR count). The third-order valence-electron chi connectivity index (χ3n) is 2.33. The molecule has 0 saturated heterocycles. The molecule has 0 aliphatic rings. The molecule has 0 spiro atoms. The van der Waals surface area contributed by atoms with Crippen LogP contribution >= 0.6 is 0 Å². The van der Waals surface area contributed by atoms with Gasteiger partial charge in [-0.2, -0.15) is 0 Å². The van der Waals surface area contributed by atoms with E-state index in [1.165, 1.54) is 0 Å². The Morgan fingerprint density at radius 1 is 1.29 bits per heavy atom. The van der Waals surface area contributed by atoms with Gasteiger partial charge in [-0.3, -0.25) is 0 Å². The molecule has 0 bridgehead atoms. The van der Waals surface area contributed by atoms with Gasteiger partial charge in [0.05, 0.1) is 6.10 Å². The monoisotopic (exact) mass is 193 g/mol. The molecule has 2 atom stereocenters. The Labute approximate surface area is 86.0 Å². The van der Waals surface area contributed by atoms with Crippen molar-refractivity contribution in [3.63, 3.8) is 0 Å². The van der Waals surface area contributed by atoms with Crippen LogP contribution < -0.4 is 5.32 Å². The minimum Gasteiger partial charge on any atom is -0.387 e. The van der Waals surface area contributed by atoms with E-state index in [2.05, 4.69) is 12.2 Å². The lowest BCUT2D eigenvalue weighted by Gasteiger charge is -2.20. The van der Waals surface area contributed by atoms with Crippen molar-refractivity contribution in [3.05, 3.63) is 35.9 Å². The Kier molecular flexibility index (Phi) is 4.63. The normalized spacial score (nSPS) is 15.1. The van der Waals surface area contributed by atoms with Crippen LogP contribution in [0.4, 0.5) is 0 Å². The van der Waals surface area contributed by atoms with E-state index in [0.29, 0.717) is 0 Å². The van der Waals surface area contributed by atoms with Crippen LogP contribution in [0.25, 0.3) is 0 Å². The molecule has 1 aromatic carbocycles. The van der Waals surface area contributed by atoms with Crippen LogP contribution in [0.3, 0.4) is 0 Å². The number of benzene rings is 1. The lowest BCUT2D eigenvalue weighted by Crippen LogP contribution is -2.32. The highest BCUT2D eigenvalue weighted by molar-refractivity contribution is 5.18. The van der Waals surface area contributed by atoms with Crippen LogP contribution in [0, 0.1) is 0 Å². The molecule has 0 radical (unpaired) electrons. The van der Waals surface area contributed by atoms with E-state index in [0.717, 1.165) is 18.5 Å². The van der Waals surface area contributed by atoms with Gasteiger partial charge in [0, 0.05) is 6.04 Å². The van der Waals surface area contributed by atoms with Gasteiger partial charge in [-0.25, -0.2) is 0 Å². The van der Waals surface area contributed by atoms with E-state index in [4.69, 9.17) is 0 Å². The van der Waals surface area contributed by atoms with Gasteiger partial charge in [-0.15, -0.1) is 0 Å². The van der Waals surface area contributed by atoms with Gasteiger partial charge < -0.3 is 10.4 Å². The number of rotatable bonds is 5. The number of aliphatic hydroxyl groups excluding tert-OH is 1. The van der Waals surface area contributed by atoms with E-state index in [-0.39, 0.29) is 6.04 Å². The topological polar surface area (TPSA) is 32.3 Å². The zero-order valence-electron chi connectivity index (χ0n) is 8.90. The van der Waals surface area contributed by atoms with Crippen LogP contribution in [0.15, 0.2) is 30.3 Å². The molecule has 78 valence electrons. The minimum absolute atomic E-state index is 0.109. The molecular formula is C12H19NO. The van der Waals surface area contributed by atoms with Gasteiger partial charge in [0.15, 0.2) is 0 Å². The van der Waals surface area contributed by atoms with Crippen molar-refractivity contribution in [2.24, 2.45) is 0 Å². The molecule has 14 heavy (non-hydrogen) atoms. The number of hydrogen-bond acceptors (Lipinski definition) is 2. The molecule has 2 nitrogen and oxygen atoms in total. The molecule has 0 unspecified atom stereocenters. The van der Waals surface area contributed by atoms with Crippen molar-refractivity contribution in [2.75, 3.05) is 6.54 Å². The molecule has 0 fully saturated rings. The quantitative estimate of drug-likeness (QED) is 0.750. The molecule has 0 heterocycles. The number of hydrogen-bond donors (Lipinski definition) is 2. The second-order valence-corrected chi connectivity index (χ2v) is 3.60. The second kappa shape index (κ2) is 5.78. The first kappa shape index (κ1) is 11.2. The summed E-state index contributed by atoms with van der Waals surface area (Å²) in [4.78, 5) is 0. The molecule has 0 aromatic heterocycles. The summed E-state index contributed by atoms with van der Waals surface area (Å²) in [6, 6.07) is 9.87. The fourth-order valence-corrected chi connectivity index (χ4v) is 1.42. The third kappa shape index (κ3) is 3.13. The summed E-state index contributed by atoms with van der Waals surface area (Å²) in [6.07, 6.45) is 0.675. The fraction of sp³-hybridized carbons (Fsp3) is 0.500. The average Bonchev–Trinajstić information content (AvgIpc) is 2.26. The maximum Gasteiger partial charge on any atom is 0.0940 e. The Balaban J connectivity index is 2.52. The predicted octanol–water partition coefficient (Wildman–Crippen LogP) is 2.11. The van der Waals surface area contributed by atoms with E-state index < -0.39 is 6.10 Å². The summed E-state index contributed by atoms with van der Waals surface area (Å²) < 4.78 is 0. The van der Waals surface area contributed by atoms with Crippen LogP contribution in [-0.4, -0.2) is 17.7 Å². The zero-order chi connectivity index (χ0) is 10.4. The van der Waals surface area contributed by atoms with Gasteiger partial charge in [0.25, 0.3) is 0 Å². The molecule has 0 aliphatic heterocycles. The van der Waals surface area contributed by atoms with Gasteiger partial charge in [0.1, 0.15) is 0 Å². The Morgan fingerprint density at radius 2 is 1.93 bits per heavy atom. The summed E-state index contributed by atoms with van der Waals surface area (Å²) in [5.41, 5.74) is 0.976.